The molecule has 0 aliphatic heterocycles. The second kappa shape index (κ2) is 6.33. The number of ether oxygens (including phenoxy) is 1. The second-order valence-electron chi connectivity index (χ2n) is 3.91. The van der Waals surface area contributed by atoms with Crippen LogP contribution in [-0.2, 0) is 6.54 Å². The van der Waals surface area contributed by atoms with Crippen LogP contribution >= 0.6 is 15.9 Å². The van der Waals surface area contributed by atoms with Gasteiger partial charge in [0, 0.05) is 29.5 Å². The van der Waals surface area contributed by atoms with Gasteiger partial charge in [0.2, 0.25) is 5.88 Å². The van der Waals surface area contributed by atoms with E-state index in [9.17, 15) is 4.79 Å². The summed E-state index contributed by atoms with van der Waals surface area (Å²) in [6, 6.07) is 5.09. The molecule has 0 aliphatic carbocycles. The molecule has 0 aromatic carbocycles. The standard InChI is InChI=1S/C13H12BrN3O3/c1-20-11-4-8(2-3-15-11)6-16-12-10(13(18)19)5-9(14)7-17-12/h2-5,7H,6H2,1H3,(H,16,17)(H,18,19). The molecule has 104 valence electrons. The number of anilines is 1. The molecule has 0 fully saturated rings. The number of carboxylic acids is 1. The number of rotatable bonds is 5. The summed E-state index contributed by atoms with van der Waals surface area (Å²) in [6.07, 6.45) is 3.17. The van der Waals surface area contributed by atoms with Crippen molar-refractivity contribution < 1.29 is 14.6 Å². The van der Waals surface area contributed by atoms with E-state index >= 15 is 0 Å². The molecule has 2 rings (SSSR count). The minimum absolute atomic E-state index is 0.111. The lowest BCUT2D eigenvalue weighted by molar-refractivity contribution is 0.0697. The van der Waals surface area contributed by atoms with Crippen molar-refractivity contribution in [2.24, 2.45) is 0 Å². The van der Waals surface area contributed by atoms with Crippen LogP contribution in [0.2, 0.25) is 0 Å². The van der Waals surface area contributed by atoms with E-state index in [1.807, 2.05) is 6.07 Å². The summed E-state index contributed by atoms with van der Waals surface area (Å²) in [7, 11) is 1.54. The second-order valence-corrected chi connectivity index (χ2v) is 4.83. The lowest BCUT2D eigenvalue weighted by Gasteiger charge is -2.09. The fraction of sp³-hybridized carbons (Fsp3) is 0.154. The van der Waals surface area contributed by atoms with Crippen LogP contribution in [0.15, 0.2) is 35.1 Å². The van der Waals surface area contributed by atoms with Crippen molar-refractivity contribution in [2.45, 2.75) is 6.54 Å². The average Bonchev–Trinajstić information content (AvgIpc) is 2.46. The van der Waals surface area contributed by atoms with Gasteiger partial charge in [-0.2, -0.15) is 0 Å². The summed E-state index contributed by atoms with van der Waals surface area (Å²) in [5, 5.41) is 12.1. The number of nitrogens with zero attached hydrogens (tertiary/aromatic N) is 2. The summed E-state index contributed by atoms with van der Waals surface area (Å²) >= 11 is 3.20. The highest BCUT2D eigenvalue weighted by atomic mass is 79.9. The number of pyridine rings is 2. The van der Waals surface area contributed by atoms with Gasteiger partial charge in [0.15, 0.2) is 0 Å². The molecule has 2 aromatic heterocycles. The van der Waals surface area contributed by atoms with E-state index in [-0.39, 0.29) is 5.56 Å². The van der Waals surface area contributed by atoms with Gasteiger partial charge in [-0.1, -0.05) is 0 Å². The number of methoxy groups -OCH3 is 1. The van der Waals surface area contributed by atoms with Gasteiger partial charge >= 0.3 is 5.97 Å². The number of aromatic nitrogens is 2. The Morgan fingerprint density at radius 3 is 2.95 bits per heavy atom. The highest BCUT2D eigenvalue weighted by Crippen LogP contribution is 2.19. The molecule has 0 amide bonds. The van der Waals surface area contributed by atoms with Crippen LogP contribution in [-0.4, -0.2) is 28.2 Å². The van der Waals surface area contributed by atoms with Crippen LogP contribution in [0, 0.1) is 0 Å². The summed E-state index contributed by atoms with van der Waals surface area (Å²) in [4.78, 5) is 19.2. The lowest BCUT2D eigenvalue weighted by Crippen LogP contribution is -2.08. The van der Waals surface area contributed by atoms with Gasteiger partial charge in [0.05, 0.1) is 7.11 Å². The summed E-state index contributed by atoms with van der Waals surface area (Å²) in [6.45, 7) is 0.424. The van der Waals surface area contributed by atoms with Gasteiger partial charge in [0.1, 0.15) is 11.4 Å². The van der Waals surface area contributed by atoms with Gasteiger partial charge in [-0.3, -0.25) is 0 Å². The quantitative estimate of drug-likeness (QED) is 0.872. The first-order valence-corrected chi connectivity index (χ1v) is 6.51. The maximum absolute atomic E-state index is 11.2. The van der Waals surface area contributed by atoms with E-state index in [1.165, 1.54) is 6.07 Å². The van der Waals surface area contributed by atoms with E-state index < -0.39 is 5.97 Å². The molecule has 0 aliphatic rings. The minimum Gasteiger partial charge on any atom is -0.481 e. The van der Waals surface area contributed by atoms with Crippen molar-refractivity contribution in [3.63, 3.8) is 0 Å². The molecule has 0 saturated heterocycles. The highest BCUT2D eigenvalue weighted by Gasteiger charge is 2.12. The minimum atomic E-state index is -1.03. The molecule has 2 N–H and O–H groups in total. The van der Waals surface area contributed by atoms with Crippen molar-refractivity contribution in [2.75, 3.05) is 12.4 Å². The zero-order chi connectivity index (χ0) is 14.5. The zero-order valence-electron chi connectivity index (χ0n) is 10.6. The van der Waals surface area contributed by atoms with Crippen molar-refractivity contribution in [3.8, 4) is 5.88 Å². The molecule has 0 bridgehead atoms. The highest BCUT2D eigenvalue weighted by molar-refractivity contribution is 9.10. The topological polar surface area (TPSA) is 84.3 Å². The van der Waals surface area contributed by atoms with Crippen LogP contribution in [0.25, 0.3) is 0 Å². The van der Waals surface area contributed by atoms with E-state index in [4.69, 9.17) is 9.84 Å². The Balaban J connectivity index is 2.16. The van der Waals surface area contributed by atoms with Crippen LogP contribution in [0.1, 0.15) is 15.9 Å². The lowest BCUT2D eigenvalue weighted by atomic mass is 10.2. The molecular formula is C13H12BrN3O3. The Hall–Kier alpha value is -2.15. The molecule has 20 heavy (non-hydrogen) atoms. The van der Waals surface area contributed by atoms with Crippen molar-refractivity contribution >= 4 is 27.7 Å². The zero-order valence-corrected chi connectivity index (χ0v) is 12.2. The third-order valence-corrected chi connectivity index (χ3v) is 2.99. The van der Waals surface area contributed by atoms with Crippen molar-refractivity contribution in [1.29, 1.82) is 0 Å². The number of carboxylic acid groups (broad SMARTS) is 1. The smallest absolute Gasteiger partial charge is 0.339 e. The third kappa shape index (κ3) is 3.45. The maximum Gasteiger partial charge on any atom is 0.339 e. The van der Waals surface area contributed by atoms with Crippen LogP contribution in [0.4, 0.5) is 5.82 Å². The fourth-order valence-electron chi connectivity index (χ4n) is 1.60. The molecule has 0 radical (unpaired) electrons. The molecule has 0 saturated carbocycles. The van der Waals surface area contributed by atoms with E-state index in [0.29, 0.717) is 22.7 Å². The van der Waals surface area contributed by atoms with E-state index in [0.717, 1.165) is 5.56 Å². The Bertz CT molecular complexity index is 634. The number of hydrogen-bond donors (Lipinski definition) is 2. The predicted molar refractivity (Wildman–Crippen MR) is 77.0 cm³/mol. The normalized spacial score (nSPS) is 10.1. The third-order valence-electron chi connectivity index (χ3n) is 2.55. The van der Waals surface area contributed by atoms with Crippen molar-refractivity contribution in [1.82, 2.24) is 9.97 Å². The largest absolute Gasteiger partial charge is 0.481 e. The molecule has 0 spiro atoms. The van der Waals surface area contributed by atoms with Crippen LogP contribution < -0.4 is 10.1 Å². The summed E-state index contributed by atoms with van der Waals surface area (Å²) < 4.78 is 5.65. The van der Waals surface area contributed by atoms with Crippen LogP contribution in [0.5, 0.6) is 5.88 Å². The molecule has 0 unspecified atom stereocenters. The van der Waals surface area contributed by atoms with E-state index in [1.54, 1.807) is 25.6 Å². The van der Waals surface area contributed by atoms with Gasteiger partial charge in [-0.25, -0.2) is 14.8 Å². The first-order chi connectivity index (χ1) is 9.60. The SMILES string of the molecule is COc1cc(CNc2ncc(Br)cc2C(=O)O)ccn1. The number of carbonyl (C=O) groups is 1. The fourth-order valence-corrected chi connectivity index (χ4v) is 1.93. The number of nitrogens with one attached hydrogen (secondary N) is 1. The molecule has 7 heteroatoms. The molecule has 6 nitrogen and oxygen atoms in total. The maximum atomic E-state index is 11.2. The first-order valence-electron chi connectivity index (χ1n) is 5.72. The van der Waals surface area contributed by atoms with Gasteiger partial charge < -0.3 is 15.2 Å². The van der Waals surface area contributed by atoms with Crippen LogP contribution in [0.3, 0.4) is 0 Å². The van der Waals surface area contributed by atoms with Gasteiger partial charge in [0.25, 0.3) is 0 Å². The Morgan fingerprint density at radius 2 is 2.25 bits per heavy atom. The molecule has 2 heterocycles. The average molecular weight is 338 g/mol. The molecule has 2 aromatic rings. The number of hydrogen-bond acceptors (Lipinski definition) is 5. The monoisotopic (exact) mass is 337 g/mol. The summed E-state index contributed by atoms with van der Waals surface area (Å²) in [5.74, 6) is -0.211. The first kappa shape index (κ1) is 14.3. The number of halogens is 1. The van der Waals surface area contributed by atoms with Crippen molar-refractivity contribution in [3.05, 3.63) is 46.2 Å². The Labute approximate surface area is 124 Å². The molecular weight excluding hydrogens is 326 g/mol. The van der Waals surface area contributed by atoms with Gasteiger partial charge in [-0.05, 0) is 33.6 Å². The number of aromatic carboxylic acids is 1. The predicted octanol–water partition coefficient (Wildman–Crippen LogP) is 2.56. The van der Waals surface area contributed by atoms with Gasteiger partial charge in [-0.15, -0.1) is 0 Å². The Kier molecular flexibility index (Phi) is 4.52. The summed E-state index contributed by atoms with van der Waals surface area (Å²) in [5.41, 5.74) is 1.03. The van der Waals surface area contributed by atoms with E-state index in [2.05, 4.69) is 31.2 Å². The Morgan fingerprint density at radius 1 is 1.45 bits per heavy atom. The molecule has 0 atom stereocenters.